The van der Waals surface area contributed by atoms with Gasteiger partial charge >= 0.3 is 0 Å². The number of nitrogens with zero attached hydrogens (tertiary/aromatic N) is 2. The van der Waals surface area contributed by atoms with Crippen LogP contribution in [0.4, 0.5) is 17.1 Å². The van der Waals surface area contributed by atoms with Gasteiger partial charge in [0.25, 0.3) is 0 Å². The number of hydrogen-bond acceptors (Lipinski definition) is 3. The Morgan fingerprint density at radius 3 is 1.55 bits per heavy atom. The van der Waals surface area contributed by atoms with Gasteiger partial charge < -0.3 is 10.2 Å². The molecule has 1 aliphatic carbocycles. The molecule has 9 aromatic rings. The maximum atomic E-state index is 5.29. The first kappa shape index (κ1) is 35.9. The van der Waals surface area contributed by atoms with Crippen LogP contribution in [-0.4, -0.2) is 5.71 Å². The van der Waals surface area contributed by atoms with Crippen LogP contribution in [0.15, 0.2) is 242 Å². The average molecular weight is 792 g/mol. The van der Waals surface area contributed by atoms with Crippen LogP contribution in [-0.2, 0) is 5.41 Å². The highest BCUT2D eigenvalue weighted by Crippen LogP contribution is 2.63. The molecule has 3 nitrogen and oxygen atoms in total. The lowest BCUT2D eigenvalue weighted by Gasteiger charge is -2.45. The van der Waals surface area contributed by atoms with Crippen LogP contribution in [0, 0.1) is 0 Å². The van der Waals surface area contributed by atoms with Crippen LogP contribution >= 0.6 is 0 Å². The van der Waals surface area contributed by atoms with E-state index in [0.29, 0.717) is 0 Å². The van der Waals surface area contributed by atoms with E-state index in [-0.39, 0.29) is 6.17 Å². The van der Waals surface area contributed by atoms with Gasteiger partial charge in [0, 0.05) is 11.4 Å². The monoisotopic (exact) mass is 791 g/mol. The van der Waals surface area contributed by atoms with Crippen LogP contribution in [0.25, 0.3) is 39.1 Å². The fraction of sp³-hybridized carbons (Fsp3) is 0.0339. The first-order valence-corrected chi connectivity index (χ1v) is 21.4. The van der Waals surface area contributed by atoms with Gasteiger partial charge in [-0.1, -0.05) is 200 Å². The molecule has 0 saturated heterocycles. The van der Waals surface area contributed by atoms with E-state index in [1.165, 1.54) is 67.0 Å². The van der Waals surface area contributed by atoms with E-state index in [1.54, 1.807) is 0 Å². The summed E-state index contributed by atoms with van der Waals surface area (Å²) in [6.07, 6.45) is 1.98. The molecule has 0 amide bonds. The molecule has 0 radical (unpaired) electrons. The van der Waals surface area contributed by atoms with Crippen molar-refractivity contribution in [3.63, 3.8) is 0 Å². The second-order valence-corrected chi connectivity index (χ2v) is 16.3. The van der Waals surface area contributed by atoms with E-state index in [1.807, 2.05) is 0 Å². The van der Waals surface area contributed by atoms with Crippen molar-refractivity contribution >= 4 is 28.5 Å². The molecule has 0 saturated carbocycles. The zero-order chi connectivity index (χ0) is 41.0. The van der Waals surface area contributed by atoms with E-state index in [2.05, 4.69) is 247 Å². The van der Waals surface area contributed by atoms with E-state index < -0.39 is 5.41 Å². The van der Waals surface area contributed by atoms with Gasteiger partial charge in [-0.2, -0.15) is 0 Å². The van der Waals surface area contributed by atoms with Gasteiger partial charge in [0.2, 0.25) is 0 Å². The molecule has 9 aromatic carbocycles. The summed E-state index contributed by atoms with van der Waals surface area (Å²) in [6, 6.07) is 83.7. The SMILES string of the molecule is C1=C(c2ccc(-c3ccccc3)cc2)NC(c2ccccc2)N=C1c1ccc(-c2ccc3c(c2)C2(c4ccccc4-3)c3ccccc3N(c3ccccc3)c3ccccc32)cc1. The third kappa shape index (κ3) is 5.70. The van der Waals surface area contributed by atoms with Gasteiger partial charge in [-0.3, -0.25) is 4.99 Å². The lowest BCUT2D eigenvalue weighted by Crippen LogP contribution is -2.36. The lowest BCUT2D eigenvalue weighted by atomic mass is 9.64. The van der Waals surface area contributed by atoms with Crippen molar-refractivity contribution < 1.29 is 0 Å². The maximum absolute atomic E-state index is 5.29. The first-order valence-electron chi connectivity index (χ1n) is 21.4. The van der Waals surface area contributed by atoms with Crippen molar-refractivity contribution in [3.8, 4) is 33.4 Å². The van der Waals surface area contributed by atoms with Gasteiger partial charge in [0.1, 0.15) is 6.17 Å². The summed E-state index contributed by atoms with van der Waals surface area (Å²) in [5.74, 6) is 0. The number of rotatable bonds is 6. The fourth-order valence-electron chi connectivity index (χ4n) is 10.1. The van der Waals surface area contributed by atoms with Crippen LogP contribution in [0.1, 0.15) is 45.1 Å². The average Bonchev–Trinajstić information content (AvgIpc) is 3.65. The van der Waals surface area contributed by atoms with Crippen molar-refractivity contribution in [2.75, 3.05) is 4.90 Å². The number of nitrogens with one attached hydrogen (secondary N) is 1. The van der Waals surface area contributed by atoms with Crippen LogP contribution in [0.5, 0.6) is 0 Å². The third-order valence-corrected chi connectivity index (χ3v) is 12.9. The summed E-state index contributed by atoms with van der Waals surface area (Å²) in [7, 11) is 0. The Labute approximate surface area is 362 Å². The quantitative estimate of drug-likeness (QED) is 0.182. The Morgan fingerprint density at radius 1 is 0.387 bits per heavy atom. The van der Waals surface area contributed by atoms with Crippen LogP contribution in [0.2, 0.25) is 0 Å². The molecule has 3 aliphatic rings. The number of hydrogen-bond donors (Lipinski definition) is 1. The molecule has 0 aromatic heterocycles. The minimum Gasteiger partial charge on any atom is -0.360 e. The molecule has 0 fully saturated rings. The Balaban J connectivity index is 0.956. The van der Waals surface area contributed by atoms with E-state index in [0.717, 1.165) is 33.8 Å². The molecule has 1 atom stereocenters. The van der Waals surface area contributed by atoms with Crippen molar-refractivity contribution in [3.05, 3.63) is 276 Å². The Kier molecular flexibility index (Phi) is 8.46. The fourth-order valence-corrected chi connectivity index (χ4v) is 10.1. The second kappa shape index (κ2) is 14.6. The number of para-hydroxylation sites is 3. The molecule has 1 unspecified atom stereocenters. The molecule has 12 rings (SSSR count). The summed E-state index contributed by atoms with van der Waals surface area (Å²) >= 11 is 0. The lowest BCUT2D eigenvalue weighted by molar-refractivity contribution is 0.664. The van der Waals surface area contributed by atoms with E-state index in [4.69, 9.17) is 4.99 Å². The van der Waals surface area contributed by atoms with Gasteiger partial charge in [0.15, 0.2) is 0 Å². The predicted octanol–water partition coefficient (Wildman–Crippen LogP) is 14.3. The van der Waals surface area contributed by atoms with Gasteiger partial charge in [-0.25, -0.2) is 0 Å². The molecule has 62 heavy (non-hydrogen) atoms. The summed E-state index contributed by atoms with van der Waals surface area (Å²) in [5, 5.41) is 3.74. The highest BCUT2D eigenvalue weighted by atomic mass is 15.2. The predicted molar refractivity (Wildman–Crippen MR) is 256 cm³/mol. The molecule has 1 spiro atoms. The minimum atomic E-state index is -0.503. The second-order valence-electron chi connectivity index (χ2n) is 16.3. The van der Waals surface area contributed by atoms with Crippen molar-refractivity contribution in [1.29, 1.82) is 0 Å². The smallest absolute Gasteiger partial charge is 0.145 e. The number of allylic oxidation sites excluding steroid dienone is 1. The highest BCUT2D eigenvalue weighted by molar-refractivity contribution is 6.13. The van der Waals surface area contributed by atoms with Crippen LogP contribution < -0.4 is 10.2 Å². The topological polar surface area (TPSA) is 27.6 Å². The highest BCUT2D eigenvalue weighted by Gasteiger charge is 2.51. The third-order valence-electron chi connectivity index (χ3n) is 12.9. The Morgan fingerprint density at radius 2 is 0.871 bits per heavy atom. The summed E-state index contributed by atoms with van der Waals surface area (Å²) in [5.41, 5.74) is 20.9. The number of aliphatic imine (C=N–C) groups is 1. The Hall–Kier alpha value is -8.01. The zero-order valence-corrected chi connectivity index (χ0v) is 34.0. The van der Waals surface area contributed by atoms with E-state index in [9.17, 15) is 0 Å². The molecular weight excluding hydrogens is 751 g/mol. The first-order chi connectivity index (χ1) is 30.7. The van der Waals surface area contributed by atoms with E-state index >= 15 is 0 Å². The molecule has 2 aliphatic heterocycles. The number of fused-ring (bicyclic) bond motifs is 9. The molecule has 0 bridgehead atoms. The van der Waals surface area contributed by atoms with Gasteiger partial charge in [-0.05, 0) is 109 Å². The number of anilines is 3. The van der Waals surface area contributed by atoms with Gasteiger partial charge in [0.05, 0.1) is 22.5 Å². The molecular formula is C59H41N3. The molecule has 3 heteroatoms. The normalized spacial score (nSPS) is 15.4. The van der Waals surface area contributed by atoms with Crippen LogP contribution in [0.3, 0.4) is 0 Å². The summed E-state index contributed by atoms with van der Waals surface area (Å²) in [6.45, 7) is 0. The standard InChI is InChI=1S/C59H41N3/c1-4-16-40(17-5-1)41-28-32-43(33-29-41)54-39-55(61-58(60-54)45-18-6-2-7-19-45)44-34-30-42(31-35-44)46-36-37-49-48-22-10-11-23-50(48)59(53(49)38-46)51-24-12-14-26-56(51)62(47-20-8-3-9-21-47)57-27-15-13-25-52(57)59/h1-39,58,60H. The minimum absolute atomic E-state index is 0.215. The largest absolute Gasteiger partial charge is 0.360 e. The van der Waals surface area contributed by atoms with Crippen molar-refractivity contribution in [1.82, 2.24) is 5.32 Å². The van der Waals surface area contributed by atoms with Crippen molar-refractivity contribution in [2.24, 2.45) is 4.99 Å². The molecule has 292 valence electrons. The maximum Gasteiger partial charge on any atom is 0.145 e. The Bertz CT molecular complexity index is 3140. The molecule has 1 N–H and O–H groups in total. The zero-order valence-electron chi connectivity index (χ0n) is 34.0. The molecule has 2 heterocycles. The van der Waals surface area contributed by atoms with Crippen molar-refractivity contribution in [2.45, 2.75) is 11.6 Å². The van der Waals surface area contributed by atoms with Gasteiger partial charge in [-0.15, -0.1) is 0 Å². The number of benzene rings is 9. The summed E-state index contributed by atoms with van der Waals surface area (Å²) in [4.78, 5) is 7.72. The summed E-state index contributed by atoms with van der Waals surface area (Å²) < 4.78 is 0.